The second kappa shape index (κ2) is 2.50. The van der Waals surface area contributed by atoms with Crippen LogP contribution in [0.25, 0.3) is 0 Å². The normalized spacial score (nSPS) is 29.8. The van der Waals surface area contributed by atoms with E-state index in [1.165, 1.54) is 6.26 Å². The second-order valence-corrected chi connectivity index (χ2v) is 2.44. The highest BCUT2D eigenvalue weighted by Gasteiger charge is 2.38. The Morgan fingerprint density at radius 2 is 2.60 bits per heavy atom. The summed E-state index contributed by atoms with van der Waals surface area (Å²) in [6.07, 6.45) is 3.72. The van der Waals surface area contributed by atoms with Crippen LogP contribution in [-0.2, 0) is 13.8 Å². The lowest BCUT2D eigenvalue weighted by Crippen LogP contribution is -2.34. The minimum Gasteiger partial charge on any atom is -0.483 e. The van der Waals surface area contributed by atoms with Gasteiger partial charge in [0.2, 0.25) is 5.60 Å². The fraction of sp³-hybridized carbons (Fsp3) is 0.500. The molecule has 0 N–H and O–H groups in total. The van der Waals surface area contributed by atoms with Crippen LogP contribution >= 0.6 is 11.9 Å². The Hall–Kier alpha value is -0.700. The molecule has 10 heavy (non-hydrogen) atoms. The van der Waals surface area contributed by atoms with Crippen LogP contribution in [0.1, 0.15) is 13.3 Å². The maximum Gasteiger partial charge on any atom is 0.368 e. The standard InChI is InChI=1S/C6H7ClO3/c1-6(5(8)10-7)3-2-4-9-6/h2,4H,3H2,1H3. The van der Waals surface area contributed by atoms with Crippen molar-refractivity contribution in [3.8, 4) is 0 Å². The highest BCUT2D eigenvalue weighted by molar-refractivity contribution is 6.14. The number of ether oxygens (including phenoxy) is 1. The van der Waals surface area contributed by atoms with Crippen LogP contribution in [0, 0.1) is 0 Å². The molecule has 0 aromatic heterocycles. The van der Waals surface area contributed by atoms with Gasteiger partial charge in [-0.3, -0.25) is 0 Å². The van der Waals surface area contributed by atoms with Crippen LogP contribution in [-0.4, -0.2) is 11.6 Å². The Labute approximate surface area is 63.7 Å². The Bertz CT molecular complexity index is 168. The van der Waals surface area contributed by atoms with Crippen molar-refractivity contribution in [1.82, 2.24) is 0 Å². The van der Waals surface area contributed by atoms with E-state index in [2.05, 4.69) is 4.29 Å². The van der Waals surface area contributed by atoms with Gasteiger partial charge in [-0.25, -0.2) is 4.79 Å². The summed E-state index contributed by atoms with van der Waals surface area (Å²) in [5, 5.41) is 0. The predicted molar refractivity (Wildman–Crippen MR) is 35.2 cm³/mol. The van der Waals surface area contributed by atoms with Crippen molar-refractivity contribution in [2.24, 2.45) is 0 Å². The van der Waals surface area contributed by atoms with Crippen LogP contribution in [0.4, 0.5) is 0 Å². The number of rotatable bonds is 1. The van der Waals surface area contributed by atoms with Gasteiger partial charge >= 0.3 is 5.97 Å². The molecule has 3 nitrogen and oxygen atoms in total. The zero-order chi connectivity index (χ0) is 7.61. The van der Waals surface area contributed by atoms with Gasteiger partial charge in [-0.05, 0) is 13.0 Å². The summed E-state index contributed by atoms with van der Waals surface area (Å²) in [6.45, 7) is 1.62. The fourth-order valence-corrected chi connectivity index (χ4v) is 0.896. The first-order valence-corrected chi connectivity index (χ1v) is 3.16. The van der Waals surface area contributed by atoms with Crippen LogP contribution in [0.3, 0.4) is 0 Å². The number of hydrogen-bond donors (Lipinski definition) is 0. The Balaban J connectivity index is 2.61. The SMILES string of the molecule is CC1(C(=O)OCl)CC=CO1. The van der Waals surface area contributed by atoms with Crippen molar-refractivity contribution < 1.29 is 13.8 Å². The maximum atomic E-state index is 10.8. The lowest BCUT2D eigenvalue weighted by atomic mass is 10.1. The van der Waals surface area contributed by atoms with Gasteiger partial charge < -0.3 is 9.03 Å². The number of carbonyl (C=O) groups excluding carboxylic acids is 1. The lowest BCUT2D eigenvalue weighted by Gasteiger charge is -2.18. The van der Waals surface area contributed by atoms with Crippen LogP contribution < -0.4 is 0 Å². The zero-order valence-corrected chi connectivity index (χ0v) is 6.22. The van der Waals surface area contributed by atoms with Crippen molar-refractivity contribution in [1.29, 1.82) is 0 Å². The molecule has 1 rings (SSSR count). The summed E-state index contributed by atoms with van der Waals surface area (Å²) in [6, 6.07) is 0. The molecule has 0 amide bonds. The fourth-order valence-electron chi connectivity index (χ4n) is 0.732. The third-order valence-electron chi connectivity index (χ3n) is 1.43. The van der Waals surface area contributed by atoms with Crippen LogP contribution in [0.2, 0.25) is 0 Å². The topological polar surface area (TPSA) is 35.5 Å². The minimum atomic E-state index is -0.901. The summed E-state index contributed by atoms with van der Waals surface area (Å²) in [7, 11) is 0. The monoisotopic (exact) mass is 162 g/mol. The van der Waals surface area contributed by atoms with Crippen LogP contribution in [0.15, 0.2) is 12.3 Å². The first-order chi connectivity index (χ1) is 4.69. The highest BCUT2D eigenvalue weighted by Crippen LogP contribution is 2.24. The molecule has 0 radical (unpaired) electrons. The number of halogens is 1. The Kier molecular flexibility index (Phi) is 1.85. The van der Waals surface area contributed by atoms with Gasteiger partial charge in [-0.1, -0.05) is 0 Å². The third-order valence-corrected chi connectivity index (χ3v) is 1.57. The molecule has 1 heterocycles. The van der Waals surface area contributed by atoms with E-state index < -0.39 is 11.6 Å². The van der Waals surface area contributed by atoms with Crippen molar-refractivity contribution in [2.75, 3.05) is 0 Å². The quantitative estimate of drug-likeness (QED) is 0.584. The Morgan fingerprint density at radius 1 is 1.90 bits per heavy atom. The van der Waals surface area contributed by atoms with Crippen molar-refractivity contribution in [2.45, 2.75) is 18.9 Å². The summed E-state index contributed by atoms with van der Waals surface area (Å²) in [5.41, 5.74) is -0.901. The molecule has 1 unspecified atom stereocenters. The maximum absolute atomic E-state index is 10.8. The summed E-state index contributed by atoms with van der Waals surface area (Å²) in [5.74, 6) is -0.556. The van der Waals surface area contributed by atoms with E-state index >= 15 is 0 Å². The van der Waals surface area contributed by atoms with E-state index in [0.717, 1.165) is 0 Å². The van der Waals surface area contributed by atoms with E-state index in [-0.39, 0.29) is 0 Å². The molecule has 1 atom stereocenters. The van der Waals surface area contributed by atoms with E-state index in [0.29, 0.717) is 6.42 Å². The molecule has 0 bridgehead atoms. The molecule has 0 spiro atoms. The molecular formula is C6H7ClO3. The van der Waals surface area contributed by atoms with Gasteiger partial charge in [0.05, 0.1) is 6.26 Å². The first-order valence-electron chi connectivity index (χ1n) is 2.85. The van der Waals surface area contributed by atoms with Crippen molar-refractivity contribution in [3.05, 3.63) is 12.3 Å². The minimum absolute atomic E-state index is 0.512. The summed E-state index contributed by atoms with van der Waals surface area (Å²) in [4.78, 5) is 10.8. The molecule has 56 valence electrons. The molecule has 0 saturated heterocycles. The molecule has 0 fully saturated rings. The largest absolute Gasteiger partial charge is 0.483 e. The summed E-state index contributed by atoms with van der Waals surface area (Å²) < 4.78 is 8.96. The van der Waals surface area contributed by atoms with Gasteiger partial charge in [0.25, 0.3) is 0 Å². The molecule has 0 aliphatic carbocycles. The molecule has 0 aromatic rings. The number of carbonyl (C=O) groups is 1. The molecule has 1 aliphatic rings. The van der Waals surface area contributed by atoms with Gasteiger partial charge in [-0.15, -0.1) is 0 Å². The van der Waals surface area contributed by atoms with Gasteiger partial charge in [0.1, 0.15) is 11.9 Å². The van der Waals surface area contributed by atoms with E-state index in [4.69, 9.17) is 16.6 Å². The zero-order valence-electron chi connectivity index (χ0n) is 5.46. The van der Waals surface area contributed by atoms with Gasteiger partial charge in [-0.2, -0.15) is 0 Å². The average molecular weight is 163 g/mol. The van der Waals surface area contributed by atoms with E-state index in [1.54, 1.807) is 13.0 Å². The molecule has 4 heteroatoms. The predicted octanol–water partition coefficient (Wildman–Crippen LogP) is 1.38. The average Bonchev–Trinajstić information content (AvgIpc) is 2.36. The number of hydrogen-bond acceptors (Lipinski definition) is 3. The van der Waals surface area contributed by atoms with Crippen molar-refractivity contribution in [3.63, 3.8) is 0 Å². The van der Waals surface area contributed by atoms with Crippen molar-refractivity contribution >= 4 is 17.8 Å². The third kappa shape index (κ3) is 1.09. The molecule has 1 aliphatic heterocycles. The van der Waals surface area contributed by atoms with Crippen LogP contribution in [0.5, 0.6) is 0 Å². The van der Waals surface area contributed by atoms with E-state index in [9.17, 15) is 4.79 Å². The highest BCUT2D eigenvalue weighted by atomic mass is 35.5. The van der Waals surface area contributed by atoms with Gasteiger partial charge in [0.15, 0.2) is 0 Å². The molecule has 0 aromatic carbocycles. The molecule has 0 saturated carbocycles. The first kappa shape index (κ1) is 7.41. The Morgan fingerprint density at radius 3 is 3.00 bits per heavy atom. The smallest absolute Gasteiger partial charge is 0.368 e. The lowest BCUT2D eigenvalue weighted by molar-refractivity contribution is -0.151. The molecular weight excluding hydrogens is 156 g/mol. The van der Waals surface area contributed by atoms with E-state index in [1.807, 2.05) is 0 Å². The van der Waals surface area contributed by atoms with Gasteiger partial charge in [0, 0.05) is 6.42 Å². The summed E-state index contributed by atoms with van der Waals surface area (Å²) >= 11 is 4.86. The second-order valence-electron chi connectivity index (χ2n) is 2.29.